The van der Waals surface area contributed by atoms with Gasteiger partial charge in [0.2, 0.25) is 0 Å². The lowest BCUT2D eigenvalue weighted by molar-refractivity contribution is 0.625. The van der Waals surface area contributed by atoms with Gasteiger partial charge in [-0.15, -0.1) is 0 Å². The Balaban J connectivity index is 2.48. The van der Waals surface area contributed by atoms with Crippen molar-refractivity contribution in [2.75, 3.05) is 17.7 Å². The lowest BCUT2D eigenvalue weighted by Gasteiger charge is -2.21. The third kappa shape index (κ3) is 2.06. The summed E-state index contributed by atoms with van der Waals surface area (Å²) in [6.07, 6.45) is 0. The van der Waals surface area contributed by atoms with Gasteiger partial charge in [-0.3, -0.25) is 0 Å². The molecule has 0 unspecified atom stereocenters. The topological polar surface area (TPSA) is 29.3 Å². The van der Waals surface area contributed by atoms with Gasteiger partial charge >= 0.3 is 0 Å². The number of rotatable bonds is 2. The maximum atomic E-state index is 13.6. The number of nitrogen functional groups attached to an aromatic ring is 1. The summed E-state index contributed by atoms with van der Waals surface area (Å²) >= 11 is 0. The monoisotopic (exact) mass is 234 g/mol. The Labute approximate surface area is 98.3 Å². The van der Waals surface area contributed by atoms with Crippen molar-refractivity contribution in [2.45, 2.75) is 0 Å². The van der Waals surface area contributed by atoms with Crippen LogP contribution in [0.3, 0.4) is 0 Å². The average molecular weight is 234 g/mol. The molecular weight excluding hydrogens is 222 g/mol. The van der Waals surface area contributed by atoms with Crippen LogP contribution in [0.1, 0.15) is 0 Å². The van der Waals surface area contributed by atoms with Gasteiger partial charge in [0.05, 0.1) is 17.1 Å². The largest absolute Gasteiger partial charge is 0.395 e. The van der Waals surface area contributed by atoms with Gasteiger partial charge in [0, 0.05) is 7.05 Å². The minimum atomic E-state index is -0.509. The van der Waals surface area contributed by atoms with Gasteiger partial charge in [-0.05, 0) is 24.3 Å². The van der Waals surface area contributed by atoms with Crippen molar-refractivity contribution in [3.8, 4) is 0 Å². The van der Waals surface area contributed by atoms with Crippen LogP contribution in [-0.4, -0.2) is 7.05 Å². The van der Waals surface area contributed by atoms with Crippen molar-refractivity contribution in [3.05, 3.63) is 54.1 Å². The highest BCUT2D eigenvalue weighted by atomic mass is 19.1. The smallest absolute Gasteiger partial charge is 0.148 e. The third-order valence-electron chi connectivity index (χ3n) is 2.61. The predicted molar refractivity (Wildman–Crippen MR) is 65.3 cm³/mol. The number of hydrogen-bond acceptors (Lipinski definition) is 2. The first kappa shape index (κ1) is 11.4. The quantitative estimate of drug-likeness (QED) is 0.808. The fourth-order valence-electron chi connectivity index (χ4n) is 1.67. The van der Waals surface area contributed by atoms with Gasteiger partial charge < -0.3 is 10.6 Å². The summed E-state index contributed by atoms with van der Waals surface area (Å²) in [5.74, 6) is -0.885. The van der Waals surface area contributed by atoms with E-state index in [0.29, 0.717) is 11.4 Å². The summed E-state index contributed by atoms with van der Waals surface area (Å²) < 4.78 is 26.9. The van der Waals surface area contributed by atoms with Gasteiger partial charge in [-0.25, -0.2) is 8.78 Å². The number of para-hydroxylation sites is 2. The van der Waals surface area contributed by atoms with E-state index in [4.69, 9.17) is 5.73 Å². The van der Waals surface area contributed by atoms with E-state index in [9.17, 15) is 8.78 Å². The van der Waals surface area contributed by atoms with Crippen molar-refractivity contribution in [2.24, 2.45) is 0 Å². The van der Waals surface area contributed by atoms with Crippen LogP contribution < -0.4 is 10.6 Å². The first-order chi connectivity index (χ1) is 8.11. The summed E-state index contributed by atoms with van der Waals surface area (Å²) in [5.41, 5.74) is 6.44. The fourth-order valence-corrected chi connectivity index (χ4v) is 1.67. The van der Waals surface area contributed by atoms with Crippen LogP contribution in [-0.2, 0) is 0 Å². The second-order valence-electron chi connectivity index (χ2n) is 3.68. The minimum Gasteiger partial charge on any atom is -0.395 e. The maximum absolute atomic E-state index is 13.6. The lowest BCUT2D eigenvalue weighted by Crippen LogP contribution is -2.13. The van der Waals surface area contributed by atoms with Crippen LogP contribution in [0, 0.1) is 11.6 Å². The summed E-state index contributed by atoms with van der Waals surface area (Å²) in [7, 11) is 1.64. The molecule has 2 rings (SSSR count). The Hall–Kier alpha value is -2.10. The van der Waals surface area contributed by atoms with E-state index in [1.807, 2.05) is 0 Å². The summed E-state index contributed by atoms with van der Waals surface area (Å²) in [6.45, 7) is 0. The van der Waals surface area contributed by atoms with Crippen LogP contribution in [0.2, 0.25) is 0 Å². The molecule has 0 spiro atoms. The highest BCUT2D eigenvalue weighted by Crippen LogP contribution is 2.31. The zero-order chi connectivity index (χ0) is 12.4. The van der Waals surface area contributed by atoms with E-state index in [2.05, 4.69) is 0 Å². The Morgan fingerprint density at radius 2 is 1.47 bits per heavy atom. The average Bonchev–Trinajstić information content (AvgIpc) is 2.32. The molecule has 2 nitrogen and oxygen atoms in total. The van der Waals surface area contributed by atoms with E-state index in [1.165, 1.54) is 17.0 Å². The fraction of sp³-hybridized carbons (Fsp3) is 0.0769. The van der Waals surface area contributed by atoms with Crippen LogP contribution in [0.15, 0.2) is 42.5 Å². The predicted octanol–water partition coefficient (Wildman–Crippen LogP) is 3.31. The van der Waals surface area contributed by atoms with Crippen molar-refractivity contribution >= 4 is 17.1 Å². The molecule has 0 atom stereocenters. The van der Waals surface area contributed by atoms with Crippen LogP contribution in [0.4, 0.5) is 25.8 Å². The molecule has 0 aromatic heterocycles. The molecular formula is C13H12F2N2. The summed E-state index contributed by atoms with van der Waals surface area (Å²) in [5, 5.41) is 0. The molecule has 0 saturated carbocycles. The number of anilines is 3. The Morgan fingerprint density at radius 3 is 2.18 bits per heavy atom. The van der Waals surface area contributed by atoms with Crippen LogP contribution in [0.5, 0.6) is 0 Å². The Bertz CT molecular complexity index is 541. The van der Waals surface area contributed by atoms with Gasteiger partial charge in [0.25, 0.3) is 0 Å². The lowest BCUT2D eigenvalue weighted by atomic mass is 10.2. The molecule has 0 aliphatic heterocycles. The molecule has 2 N–H and O–H groups in total. The number of nitrogens with two attached hydrogens (primary N) is 1. The molecule has 0 aliphatic carbocycles. The second kappa shape index (κ2) is 4.41. The zero-order valence-electron chi connectivity index (χ0n) is 9.32. The summed E-state index contributed by atoms with van der Waals surface area (Å²) in [4.78, 5) is 1.52. The van der Waals surface area contributed by atoms with Crippen LogP contribution >= 0.6 is 0 Å². The molecule has 88 valence electrons. The zero-order valence-corrected chi connectivity index (χ0v) is 9.32. The third-order valence-corrected chi connectivity index (χ3v) is 2.61. The molecule has 2 aromatic rings. The Morgan fingerprint density at radius 1 is 0.882 bits per heavy atom. The van der Waals surface area contributed by atoms with E-state index >= 15 is 0 Å². The van der Waals surface area contributed by atoms with E-state index in [-0.39, 0.29) is 11.5 Å². The van der Waals surface area contributed by atoms with Gasteiger partial charge in [0.15, 0.2) is 0 Å². The Kier molecular flexibility index (Phi) is 2.95. The van der Waals surface area contributed by atoms with Crippen molar-refractivity contribution in [1.82, 2.24) is 0 Å². The maximum Gasteiger partial charge on any atom is 0.148 e. The van der Waals surface area contributed by atoms with Crippen molar-refractivity contribution in [3.63, 3.8) is 0 Å². The normalized spacial score (nSPS) is 10.3. The highest BCUT2D eigenvalue weighted by Gasteiger charge is 2.13. The van der Waals surface area contributed by atoms with Gasteiger partial charge in [-0.1, -0.05) is 18.2 Å². The van der Waals surface area contributed by atoms with Crippen molar-refractivity contribution < 1.29 is 8.78 Å². The first-order valence-electron chi connectivity index (χ1n) is 5.13. The van der Waals surface area contributed by atoms with Gasteiger partial charge in [-0.2, -0.15) is 0 Å². The molecule has 4 heteroatoms. The molecule has 0 heterocycles. The second-order valence-corrected chi connectivity index (χ2v) is 3.68. The van der Waals surface area contributed by atoms with E-state index in [0.717, 1.165) is 0 Å². The molecule has 0 radical (unpaired) electrons. The van der Waals surface area contributed by atoms with E-state index < -0.39 is 5.82 Å². The molecule has 0 fully saturated rings. The molecule has 0 bridgehead atoms. The standard InChI is InChI=1S/C13H12F2N2/c1-17(11-7-3-2-5-9(11)14)12-8-4-6-10(15)13(12)16/h2-8H,16H2,1H3. The molecule has 17 heavy (non-hydrogen) atoms. The van der Waals surface area contributed by atoms with E-state index in [1.54, 1.807) is 37.4 Å². The number of halogens is 2. The molecule has 0 saturated heterocycles. The van der Waals surface area contributed by atoms with Gasteiger partial charge in [0.1, 0.15) is 11.6 Å². The number of benzene rings is 2. The summed E-state index contributed by atoms with van der Waals surface area (Å²) in [6, 6.07) is 10.7. The molecule has 0 aliphatic rings. The first-order valence-corrected chi connectivity index (χ1v) is 5.13. The molecule has 0 amide bonds. The highest BCUT2D eigenvalue weighted by molar-refractivity contribution is 5.74. The van der Waals surface area contributed by atoms with Crippen molar-refractivity contribution in [1.29, 1.82) is 0 Å². The van der Waals surface area contributed by atoms with Crippen LogP contribution in [0.25, 0.3) is 0 Å². The molecule has 2 aromatic carbocycles. The minimum absolute atomic E-state index is 0.0123. The SMILES string of the molecule is CN(c1ccccc1F)c1cccc(F)c1N. The number of nitrogens with zero attached hydrogens (tertiary/aromatic N) is 1. The number of hydrogen-bond donors (Lipinski definition) is 1.